The molecule has 0 bridgehead atoms. The van der Waals surface area contributed by atoms with E-state index in [-0.39, 0.29) is 0 Å². The van der Waals surface area contributed by atoms with Crippen LogP contribution in [0.5, 0.6) is 5.75 Å². The summed E-state index contributed by atoms with van der Waals surface area (Å²) in [6, 6.07) is 27.1. The number of rotatable bonds is 5. The molecule has 4 rings (SSSR count). The van der Waals surface area contributed by atoms with Gasteiger partial charge in [-0.05, 0) is 54.4 Å². The zero-order chi connectivity index (χ0) is 20.1. The minimum Gasteiger partial charge on any atom is -0.489 e. The first-order valence-electron chi connectivity index (χ1n) is 10.1. The third kappa shape index (κ3) is 4.96. The molecule has 4 heteroatoms. The summed E-state index contributed by atoms with van der Waals surface area (Å²) in [5.41, 5.74) is 4.85. The average Bonchev–Trinajstić information content (AvgIpc) is 2.78. The van der Waals surface area contributed by atoms with Gasteiger partial charge in [0.15, 0.2) is 0 Å². The van der Waals surface area contributed by atoms with Gasteiger partial charge >= 0.3 is 0 Å². The maximum atomic E-state index is 5.88. The molecule has 0 saturated carbocycles. The Morgan fingerprint density at radius 3 is 2.28 bits per heavy atom. The minimum absolute atomic E-state index is 0.575. The highest BCUT2D eigenvalue weighted by Crippen LogP contribution is 2.20. The monoisotopic (exact) mass is 402 g/mol. The SMILES string of the molecule is Cc1cccc(N2CCN(C(=S)c3ccc(OCc4ccccc4)cc3)CC2)c1. The summed E-state index contributed by atoms with van der Waals surface area (Å²) in [7, 11) is 0. The molecule has 0 unspecified atom stereocenters. The topological polar surface area (TPSA) is 15.7 Å². The summed E-state index contributed by atoms with van der Waals surface area (Å²) < 4.78 is 5.88. The molecular weight excluding hydrogens is 376 g/mol. The molecule has 3 aromatic carbocycles. The number of piperazine rings is 1. The first-order valence-corrected chi connectivity index (χ1v) is 10.5. The minimum atomic E-state index is 0.575. The molecule has 1 aliphatic rings. The van der Waals surface area contributed by atoms with Crippen LogP contribution in [0, 0.1) is 6.92 Å². The molecule has 1 saturated heterocycles. The van der Waals surface area contributed by atoms with Crippen molar-refractivity contribution in [3.05, 3.63) is 95.6 Å². The summed E-state index contributed by atoms with van der Waals surface area (Å²) in [6.07, 6.45) is 0. The second-order valence-corrected chi connectivity index (χ2v) is 7.80. The molecule has 0 radical (unpaired) electrons. The van der Waals surface area contributed by atoms with E-state index in [1.807, 2.05) is 30.3 Å². The van der Waals surface area contributed by atoms with E-state index < -0.39 is 0 Å². The zero-order valence-corrected chi connectivity index (χ0v) is 17.6. The van der Waals surface area contributed by atoms with Gasteiger partial charge in [0.1, 0.15) is 17.3 Å². The summed E-state index contributed by atoms with van der Waals surface area (Å²) in [6.45, 7) is 6.58. The lowest BCUT2D eigenvalue weighted by atomic mass is 10.1. The van der Waals surface area contributed by atoms with E-state index in [0.29, 0.717) is 6.61 Å². The Kier molecular flexibility index (Phi) is 6.11. The zero-order valence-electron chi connectivity index (χ0n) is 16.8. The number of aryl methyl sites for hydroxylation is 1. The fraction of sp³-hybridized carbons (Fsp3) is 0.240. The summed E-state index contributed by atoms with van der Waals surface area (Å²) in [5.74, 6) is 0.865. The number of anilines is 1. The number of hydrogen-bond acceptors (Lipinski definition) is 3. The third-order valence-electron chi connectivity index (χ3n) is 5.28. The van der Waals surface area contributed by atoms with E-state index >= 15 is 0 Å². The van der Waals surface area contributed by atoms with E-state index in [9.17, 15) is 0 Å². The van der Waals surface area contributed by atoms with Gasteiger partial charge in [-0.25, -0.2) is 0 Å². The van der Waals surface area contributed by atoms with Gasteiger partial charge in [0, 0.05) is 37.4 Å². The Labute approximate surface area is 178 Å². The van der Waals surface area contributed by atoms with Crippen LogP contribution in [0.3, 0.4) is 0 Å². The van der Waals surface area contributed by atoms with Crippen LogP contribution in [-0.4, -0.2) is 36.1 Å². The van der Waals surface area contributed by atoms with Crippen molar-refractivity contribution in [2.75, 3.05) is 31.1 Å². The van der Waals surface area contributed by atoms with Gasteiger partial charge in [-0.2, -0.15) is 0 Å². The van der Waals surface area contributed by atoms with Gasteiger partial charge in [0.25, 0.3) is 0 Å². The molecule has 148 valence electrons. The molecule has 3 aromatic rings. The fourth-order valence-corrected chi connectivity index (χ4v) is 3.93. The number of nitrogens with zero attached hydrogens (tertiary/aromatic N) is 2. The highest BCUT2D eigenvalue weighted by molar-refractivity contribution is 7.80. The van der Waals surface area contributed by atoms with Crippen molar-refractivity contribution >= 4 is 22.9 Å². The molecule has 0 aliphatic carbocycles. The maximum Gasteiger partial charge on any atom is 0.119 e. The molecule has 1 heterocycles. The fourth-order valence-electron chi connectivity index (χ4n) is 3.61. The van der Waals surface area contributed by atoms with Gasteiger partial charge in [0.2, 0.25) is 0 Å². The number of thiocarbonyl (C=S) groups is 1. The van der Waals surface area contributed by atoms with Gasteiger partial charge in [-0.15, -0.1) is 0 Å². The molecule has 1 aliphatic heterocycles. The molecule has 0 amide bonds. The maximum absolute atomic E-state index is 5.88. The van der Waals surface area contributed by atoms with Crippen LogP contribution in [0.2, 0.25) is 0 Å². The van der Waals surface area contributed by atoms with E-state index in [1.165, 1.54) is 16.8 Å². The number of ether oxygens (including phenoxy) is 1. The van der Waals surface area contributed by atoms with Gasteiger partial charge in [-0.3, -0.25) is 0 Å². The van der Waals surface area contributed by atoms with Crippen LogP contribution >= 0.6 is 12.2 Å². The Balaban J connectivity index is 1.31. The van der Waals surface area contributed by atoms with Gasteiger partial charge in [0.05, 0.1) is 0 Å². The first kappa shape index (κ1) is 19.5. The van der Waals surface area contributed by atoms with E-state index in [0.717, 1.165) is 42.5 Å². The first-order chi connectivity index (χ1) is 14.2. The normalized spacial score (nSPS) is 14.0. The lowest BCUT2D eigenvalue weighted by Crippen LogP contribution is -2.48. The smallest absolute Gasteiger partial charge is 0.119 e. The van der Waals surface area contributed by atoms with Crippen molar-refractivity contribution in [3.8, 4) is 5.75 Å². The van der Waals surface area contributed by atoms with Crippen molar-refractivity contribution < 1.29 is 4.74 Å². The molecule has 0 atom stereocenters. The predicted molar refractivity (Wildman–Crippen MR) is 124 cm³/mol. The second-order valence-electron chi connectivity index (χ2n) is 7.42. The lowest BCUT2D eigenvalue weighted by molar-refractivity contribution is 0.306. The van der Waals surface area contributed by atoms with Crippen LogP contribution in [0.15, 0.2) is 78.9 Å². The third-order valence-corrected chi connectivity index (χ3v) is 5.78. The molecule has 1 fully saturated rings. The van der Waals surface area contributed by atoms with Crippen LogP contribution in [0.1, 0.15) is 16.7 Å². The quantitative estimate of drug-likeness (QED) is 0.553. The molecule has 0 aromatic heterocycles. The summed E-state index contributed by atoms with van der Waals surface area (Å²) in [5, 5.41) is 0. The molecule has 29 heavy (non-hydrogen) atoms. The Hall–Kier alpha value is -2.85. The Morgan fingerprint density at radius 1 is 0.862 bits per heavy atom. The average molecular weight is 403 g/mol. The summed E-state index contributed by atoms with van der Waals surface area (Å²) in [4.78, 5) is 5.66. The van der Waals surface area contributed by atoms with E-state index in [1.54, 1.807) is 0 Å². The van der Waals surface area contributed by atoms with Crippen LogP contribution in [0.4, 0.5) is 5.69 Å². The van der Waals surface area contributed by atoms with Gasteiger partial charge < -0.3 is 14.5 Å². The van der Waals surface area contributed by atoms with E-state index in [2.05, 4.69) is 65.3 Å². The highest BCUT2D eigenvalue weighted by atomic mass is 32.1. The van der Waals surface area contributed by atoms with Crippen LogP contribution in [-0.2, 0) is 6.61 Å². The molecule has 3 nitrogen and oxygen atoms in total. The van der Waals surface area contributed by atoms with Gasteiger partial charge in [-0.1, -0.05) is 54.7 Å². The van der Waals surface area contributed by atoms with Crippen molar-refractivity contribution in [2.24, 2.45) is 0 Å². The van der Waals surface area contributed by atoms with Crippen molar-refractivity contribution in [2.45, 2.75) is 13.5 Å². The Bertz CT molecular complexity index is 948. The van der Waals surface area contributed by atoms with Crippen LogP contribution in [0.25, 0.3) is 0 Å². The lowest BCUT2D eigenvalue weighted by Gasteiger charge is -2.37. The van der Waals surface area contributed by atoms with E-state index in [4.69, 9.17) is 17.0 Å². The second kappa shape index (κ2) is 9.10. The molecular formula is C25H26N2OS. The van der Waals surface area contributed by atoms with Crippen LogP contribution < -0.4 is 9.64 Å². The largest absolute Gasteiger partial charge is 0.489 e. The molecule has 0 N–H and O–H groups in total. The number of hydrogen-bond donors (Lipinski definition) is 0. The summed E-state index contributed by atoms with van der Waals surface area (Å²) >= 11 is 5.77. The van der Waals surface area contributed by atoms with Crippen molar-refractivity contribution in [1.82, 2.24) is 4.90 Å². The standard InChI is InChI=1S/C25H26N2OS/c1-20-6-5-9-23(18-20)26-14-16-27(17-15-26)25(29)22-10-12-24(13-11-22)28-19-21-7-3-2-4-8-21/h2-13,18H,14-17,19H2,1H3. The van der Waals surface area contributed by atoms with Crippen molar-refractivity contribution in [1.29, 1.82) is 0 Å². The van der Waals surface area contributed by atoms with Crippen molar-refractivity contribution in [3.63, 3.8) is 0 Å². The predicted octanol–water partition coefficient (Wildman–Crippen LogP) is 5.07. The Morgan fingerprint density at radius 2 is 1.59 bits per heavy atom. The number of benzene rings is 3. The molecule has 0 spiro atoms. The highest BCUT2D eigenvalue weighted by Gasteiger charge is 2.20.